The van der Waals surface area contributed by atoms with Crippen molar-refractivity contribution in [3.63, 3.8) is 0 Å². The minimum atomic E-state index is -0.363. The molecule has 242 valence electrons. The molecule has 2 radical (unpaired) electrons. The minimum Gasteiger partial charge on any atom is -0.693 e. The van der Waals surface area contributed by atoms with Crippen LogP contribution in [0.25, 0.3) is 50.3 Å². The average molecular weight is 843 g/mol. The summed E-state index contributed by atoms with van der Waals surface area (Å²) in [6.07, 6.45) is 6.07. The van der Waals surface area contributed by atoms with Crippen molar-refractivity contribution >= 4 is 67.7 Å². The van der Waals surface area contributed by atoms with Crippen LogP contribution in [0, 0.1) is 13.8 Å². The van der Waals surface area contributed by atoms with Gasteiger partial charge in [0, 0.05) is 76.6 Å². The van der Waals surface area contributed by atoms with Crippen LogP contribution in [0.3, 0.4) is 0 Å². The molecule has 6 aromatic heterocycles. The largest absolute Gasteiger partial charge is 0.693 e. The Kier molecular flexibility index (Phi) is 13.4. The second-order valence-corrected chi connectivity index (χ2v) is 11.8. The Morgan fingerprint density at radius 1 is 0.714 bits per heavy atom. The molecule has 19 heteroatoms. The Morgan fingerprint density at radius 3 is 1.88 bits per heavy atom. The predicted octanol–water partition coefficient (Wildman–Crippen LogP) is 4.99. The molecular weight excluding hydrogens is 818 g/mol. The van der Waals surface area contributed by atoms with E-state index in [2.05, 4.69) is 54.8 Å². The van der Waals surface area contributed by atoms with Crippen molar-refractivity contribution in [3.8, 4) is 0 Å². The molecule has 0 bridgehead atoms. The van der Waals surface area contributed by atoms with Crippen molar-refractivity contribution in [1.29, 1.82) is 0 Å². The van der Waals surface area contributed by atoms with E-state index >= 15 is 0 Å². The van der Waals surface area contributed by atoms with E-state index in [1.54, 1.807) is 12.7 Å². The molecule has 0 unspecified atom stereocenters. The Balaban J connectivity index is 0.000000208. The maximum Gasteiger partial charge on any atom is 0.347 e. The number of fused-ring (bicyclic) bond motifs is 4. The molecule has 15 nitrogen and oxygen atoms in total. The molecule has 4 N–H and O–H groups in total. The first kappa shape index (κ1) is 38.5. The summed E-state index contributed by atoms with van der Waals surface area (Å²) in [5.41, 5.74) is 5.22. The predicted molar refractivity (Wildman–Crippen MR) is 179 cm³/mol. The molecule has 0 aliphatic heterocycles. The first-order valence-corrected chi connectivity index (χ1v) is 15.8. The van der Waals surface area contributed by atoms with E-state index in [1.807, 2.05) is 50.2 Å². The topological polar surface area (TPSA) is 230 Å². The van der Waals surface area contributed by atoms with Crippen molar-refractivity contribution in [1.82, 2.24) is 54.8 Å². The third kappa shape index (κ3) is 8.36. The molecule has 0 saturated heterocycles. The first-order valence-electron chi connectivity index (χ1n) is 13.8. The quantitative estimate of drug-likeness (QED) is 0.166. The molecule has 0 amide bonds. The normalized spacial score (nSPS) is 10.7. The van der Waals surface area contributed by atoms with E-state index in [4.69, 9.17) is 4.42 Å². The summed E-state index contributed by atoms with van der Waals surface area (Å²) >= 11 is 2.85. The second kappa shape index (κ2) is 17.1. The number of benzene rings is 2. The number of nitrogens with zero attached hydrogens (tertiary/aromatic N) is 9. The van der Waals surface area contributed by atoms with Crippen molar-refractivity contribution < 1.29 is 69.8 Å². The number of aromatic nitrogens is 11. The van der Waals surface area contributed by atoms with Gasteiger partial charge in [-0.1, -0.05) is 47.9 Å². The van der Waals surface area contributed by atoms with Crippen LogP contribution in [0.2, 0.25) is 0 Å². The summed E-state index contributed by atoms with van der Waals surface area (Å²) in [7, 11) is 0. The van der Waals surface area contributed by atoms with Crippen LogP contribution < -0.4 is 16.2 Å². The standard InChI is InChI=1S/C15H12N6OS.C15H11N5O2S.H2N.2Y/c1-8-3-2-4-9-11(8)14(22)21-10(20-9)5-23-15-12-13(17-6-16-12)18-7-19-15;1-8-3-2-4-9-11(8)15(21)22-10(20-9)5-23-14-12-13(17-6-16-12)18-7-19-14;;;/h2-4,6-7H,5H2,1H3,(H2,16,17,18,19,20,21,22);2-4,6-7H,5H2,1H3,(H,16,17,18,19);1H2;;/q;;-1;;/p-1. The summed E-state index contributed by atoms with van der Waals surface area (Å²) in [6.45, 7) is 3.75. The van der Waals surface area contributed by atoms with Gasteiger partial charge in [-0.2, -0.15) is 0 Å². The molecule has 0 atom stereocenters. The van der Waals surface area contributed by atoms with Crippen LogP contribution in [0.15, 0.2) is 85.8 Å². The summed E-state index contributed by atoms with van der Waals surface area (Å²) in [4.78, 5) is 68.1. The van der Waals surface area contributed by atoms with Gasteiger partial charge in [0.1, 0.15) is 33.7 Å². The zero-order chi connectivity index (χ0) is 31.6. The van der Waals surface area contributed by atoms with Crippen molar-refractivity contribution in [3.05, 3.63) is 111 Å². The summed E-state index contributed by atoms with van der Waals surface area (Å²) < 4.78 is 5.33. The van der Waals surface area contributed by atoms with Crippen LogP contribution in [-0.2, 0) is 76.9 Å². The molecular formula is C30H24N12O3S2Y2-2. The fourth-order valence-electron chi connectivity index (χ4n) is 4.78. The number of hydrogen-bond donors (Lipinski definition) is 2. The SMILES string of the molecule is Cc1cccc2nc(CSc3ncnc4nc[nH]c34)[n-]c(=O)c12.Cc1cccc2nc(CSc3ncnc4nc[nH]c34)oc(=O)c12.[NH2-].[Y].[Y]. The third-order valence-corrected chi connectivity index (χ3v) is 8.86. The summed E-state index contributed by atoms with van der Waals surface area (Å²) in [6, 6.07) is 11.2. The van der Waals surface area contributed by atoms with Crippen molar-refractivity contribution in [2.24, 2.45) is 0 Å². The molecule has 8 aromatic rings. The molecule has 0 saturated carbocycles. The van der Waals surface area contributed by atoms with Crippen LogP contribution in [-0.4, -0.2) is 49.8 Å². The first-order chi connectivity index (χ1) is 22.4. The number of imidazole rings is 2. The molecule has 0 spiro atoms. The van der Waals surface area contributed by atoms with Crippen LogP contribution >= 0.6 is 23.5 Å². The fraction of sp³-hybridized carbons (Fsp3) is 0.133. The number of aryl methyl sites for hydroxylation is 2. The summed E-state index contributed by atoms with van der Waals surface area (Å²) in [5.74, 6) is 1.70. The summed E-state index contributed by atoms with van der Waals surface area (Å²) in [5, 5.41) is 2.60. The van der Waals surface area contributed by atoms with Gasteiger partial charge in [0.2, 0.25) is 5.89 Å². The number of nitrogens with one attached hydrogen (secondary N) is 2. The molecule has 8 rings (SSSR count). The molecule has 6 heterocycles. The molecule has 0 aliphatic carbocycles. The Labute approximate surface area is 335 Å². The van der Waals surface area contributed by atoms with E-state index in [1.165, 1.54) is 36.2 Å². The number of aromatic amines is 2. The average Bonchev–Trinajstić information content (AvgIpc) is 3.74. The van der Waals surface area contributed by atoms with Crippen LogP contribution in [0.4, 0.5) is 0 Å². The van der Waals surface area contributed by atoms with E-state index in [0.717, 1.165) is 32.2 Å². The maximum absolute atomic E-state index is 12.2. The maximum atomic E-state index is 12.2. The Hall–Kier alpha value is -3.31. The molecule has 2 aromatic carbocycles. The van der Waals surface area contributed by atoms with E-state index in [9.17, 15) is 9.59 Å². The Morgan fingerprint density at radius 2 is 1.27 bits per heavy atom. The molecule has 0 fully saturated rings. The van der Waals surface area contributed by atoms with E-state index < -0.39 is 0 Å². The van der Waals surface area contributed by atoms with Gasteiger partial charge in [-0.3, -0.25) is 4.79 Å². The number of nitrogens with two attached hydrogens (primary N) is 1. The van der Waals surface area contributed by atoms with Crippen molar-refractivity contribution in [2.45, 2.75) is 35.4 Å². The van der Waals surface area contributed by atoms with Gasteiger partial charge in [-0.05, 0) is 36.6 Å². The Bertz CT molecular complexity index is 2330. The fourth-order valence-corrected chi connectivity index (χ4v) is 6.39. The van der Waals surface area contributed by atoms with Gasteiger partial charge in [-0.25, -0.2) is 39.7 Å². The van der Waals surface area contributed by atoms with Crippen LogP contribution in [0.1, 0.15) is 22.8 Å². The number of rotatable bonds is 6. The smallest absolute Gasteiger partial charge is 0.347 e. The molecule has 0 aliphatic rings. The van der Waals surface area contributed by atoms with Gasteiger partial charge in [0.05, 0.1) is 29.3 Å². The number of H-pyrrole nitrogens is 2. The monoisotopic (exact) mass is 842 g/mol. The van der Waals surface area contributed by atoms with Gasteiger partial charge in [0.25, 0.3) is 0 Å². The molecule has 49 heavy (non-hydrogen) atoms. The number of thioether (sulfide) groups is 2. The van der Waals surface area contributed by atoms with E-state index in [0.29, 0.717) is 56.3 Å². The second-order valence-electron chi connectivity index (χ2n) is 9.92. The number of hydrogen-bond acceptors (Lipinski definition) is 13. The minimum absolute atomic E-state index is 0. The zero-order valence-electron chi connectivity index (χ0n) is 26.0. The van der Waals surface area contributed by atoms with Gasteiger partial charge >= 0.3 is 5.63 Å². The van der Waals surface area contributed by atoms with Crippen molar-refractivity contribution in [2.75, 3.05) is 0 Å². The van der Waals surface area contributed by atoms with E-state index in [-0.39, 0.29) is 82.8 Å². The van der Waals surface area contributed by atoms with Gasteiger partial charge < -0.3 is 30.5 Å². The third-order valence-electron chi connectivity index (χ3n) is 6.90. The van der Waals surface area contributed by atoms with Gasteiger partial charge in [0.15, 0.2) is 16.9 Å². The van der Waals surface area contributed by atoms with Gasteiger partial charge in [-0.15, -0.1) is 11.8 Å². The zero-order valence-corrected chi connectivity index (χ0v) is 33.3. The van der Waals surface area contributed by atoms with Crippen LogP contribution in [0.5, 0.6) is 0 Å².